The largest absolute Gasteiger partial charge is 0.300 e. The maximum absolute atomic E-state index is 12.8. The first-order valence-electron chi connectivity index (χ1n) is 8.48. The highest BCUT2D eigenvalue weighted by Gasteiger charge is 2.34. The van der Waals surface area contributed by atoms with E-state index in [1.807, 2.05) is 20.8 Å². The van der Waals surface area contributed by atoms with Gasteiger partial charge in [0.05, 0.1) is 5.92 Å². The van der Waals surface area contributed by atoms with Gasteiger partial charge < -0.3 is 5.32 Å². The van der Waals surface area contributed by atoms with Crippen LogP contribution in [0.2, 0.25) is 0 Å². The van der Waals surface area contributed by atoms with Gasteiger partial charge in [0.25, 0.3) is 10.0 Å². The highest BCUT2D eigenvalue weighted by Crippen LogP contribution is 2.29. The highest BCUT2D eigenvalue weighted by molar-refractivity contribution is 7.91. The smallest absolute Gasteiger partial charge is 0.252 e. The lowest BCUT2D eigenvalue weighted by Gasteiger charge is -2.30. The molecule has 26 heavy (non-hydrogen) atoms. The molecule has 1 unspecified atom stereocenters. The number of amides is 1. The minimum absolute atomic E-state index is 0.195. The van der Waals surface area contributed by atoms with E-state index in [1.54, 1.807) is 12.1 Å². The van der Waals surface area contributed by atoms with E-state index in [-0.39, 0.29) is 24.3 Å². The molecule has 1 saturated heterocycles. The van der Waals surface area contributed by atoms with Crippen LogP contribution in [0.25, 0.3) is 0 Å². The lowest BCUT2D eigenvalue weighted by atomic mass is 9.99. The lowest BCUT2D eigenvalue weighted by molar-refractivity contribution is -0.120. The summed E-state index contributed by atoms with van der Waals surface area (Å²) in [5.74, 6) is -0.326. The molecule has 1 amide bonds. The molecular weight excluding hydrogens is 392 g/mol. The van der Waals surface area contributed by atoms with E-state index in [1.165, 1.54) is 27.0 Å². The van der Waals surface area contributed by atoms with Gasteiger partial charge in [-0.05, 0) is 31.9 Å². The van der Waals surface area contributed by atoms with Crippen LogP contribution in [0.15, 0.2) is 16.3 Å². The van der Waals surface area contributed by atoms with E-state index in [0.717, 1.165) is 9.88 Å². The number of piperidine rings is 1. The number of carbonyl (C=O) groups excluding carboxylic acids is 1. The molecule has 0 saturated carbocycles. The first kappa shape index (κ1) is 19.4. The van der Waals surface area contributed by atoms with E-state index in [4.69, 9.17) is 0 Å². The highest BCUT2D eigenvalue weighted by atomic mass is 32.2. The fraction of sp³-hybridized carbons (Fsp3) is 0.562. The second kappa shape index (κ2) is 7.71. The van der Waals surface area contributed by atoms with E-state index in [2.05, 4.69) is 15.5 Å². The minimum atomic E-state index is -3.54. The van der Waals surface area contributed by atoms with Crippen molar-refractivity contribution in [3.63, 3.8) is 0 Å². The topological polar surface area (TPSA) is 92.3 Å². The van der Waals surface area contributed by atoms with Crippen molar-refractivity contribution in [3.8, 4) is 0 Å². The van der Waals surface area contributed by atoms with E-state index >= 15 is 0 Å². The Kier molecular flexibility index (Phi) is 5.75. The number of anilines is 1. The molecule has 3 heterocycles. The maximum atomic E-state index is 12.8. The van der Waals surface area contributed by atoms with Crippen molar-refractivity contribution in [2.75, 3.05) is 18.4 Å². The zero-order chi connectivity index (χ0) is 18.9. The number of hydrogen-bond donors (Lipinski definition) is 1. The molecule has 2 aromatic rings. The van der Waals surface area contributed by atoms with Crippen molar-refractivity contribution in [2.24, 2.45) is 5.92 Å². The number of rotatable bonds is 5. The number of nitrogens with one attached hydrogen (secondary N) is 1. The van der Waals surface area contributed by atoms with Gasteiger partial charge >= 0.3 is 0 Å². The molecule has 0 bridgehead atoms. The Balaban J connectivity index is 1.68. The van der Waals surface area contributed by atoms with Crippen molar-refractivity contribution in [1.29, 1.82) is 0 Å². The summed E-state index contributed by atoms with van der Waals surface area (Å²) in [6.07, 6.45) is 1.33. The summed E-state index contributed by atoms with van der Waals surface area (Å²) >= 11 is 2.61. The molecule has 142 valence electrons. The summed E-state index contributed by atoms with van der Waals surface area (Å²) in [5.41, 5.74) is 0. The van der Waals surface area contributed by atoms with Crippen LogP contribution in [0, 0.1) is 12.8 Å². The van der Waals surface area contributed by atoms with E-state index in [9.17, 15) is 13.2 Å². The normalized spacial score (nSPS) is 19.0. The minimum Gasteiger partial charge on any atom is -0.300 e. The van der Waals surface area contributed by atoms with Gasteiger partial charge in [0.1, 0.15) is 9.22 Å². The molecule has 7 nitrogen and oxygen atoms in total. The average Bonchev–Trinajstić information content (AvgIpc) is 3.24. The second-order valence-electron chi connectivity index (χ2n) is 6.66. The van der Waals surface area contributed by atoms with Gasteiger partial charge in [-0.1, -0.05) is 25.2 Å². The Hall–Kier alpha value is -1.36. The van der Waals surface area contributed by atoms with Crippen molar-refractivity contribution < 1.29 is 13.2 Å². The summed E-state index contributed by atoms with van der Waals surface area (Å²) < 4.78 is 27.3. The number of thiophene rings is 1. The first-order chi connectivity index (χ1) is 12.3. The molecule has 3 rings (SSSR count). The quantitative estimate of drug-likeness (QED) is 0.812. The van der Waals surface area contributed by atoms with Gasteiger partial charge in [-0.25, -0.2) is 8.42 Å². The predicted molar refractivity (Wildman–Crippen MR) is 103 cm³/mol. The summed E-state index contributed by atoms with van der Waals surface area (Å²) in [7, 11) is -3.54. The van der Waals surface area contributed by atoms with E-state index < -0.39 is 10.0 Å². The SMILES string of the molecule is Cc1ccc(S(=O)(=O)N2CCCC(C(=O)Nc3nnc(C(C)C)s3)C2)s1. The van der Waals surface area contributed by atoms with Crippen LogP contribution < -0.4 is 5.32 Å². The number of sulfonamides is 1. The van der Waals surface area contributed by atoms with Gasteiger partial charge in [-0.3, -0.25) is 4.79 Å². The maximum Gasteiger partial charge on any atom is 0.252 e. The second-order valence-corrected chi connectivity index (χ2v) is 11.1. The molecule has 1 atom stereocenters. The number of aromatic nitrogens is 2. The number of aryl methyl sites for hydroxylation is 1. The Morgan fingerprint density at radius 1 is 1.31 bits per heavy atom. The molecule has 10 heteroatoms. The zero-order valence-electron chi connectivity index (χ0n) is 14.9. The van der Waals surface area contributed by atoms with Crippen LogP contribution in [0.5, 0.6) is 0 Å². The van der Waals surface area contributed by atoms with E-state index in [0.29, 0.717) is 28.7 Å². The fourth-order valence-corrected chi connectivity index (χ4v) is 6.49. The molecule has 1 aliphatic heterocycles. The van der Waals surface area contributed by atoms with Crippen molar-refractivity contribution in [1.82, 2.24) is 14.5 Å². The van der Waals surface area contributed by atoms with Gasteiger partial charge in [-0.2, -0.15) is 4.31 Å². The molecule has 1 fully saturated rings. The number of nitrogens with zero attached hydrogens (tertiary/aromatic N) is 3. The van der Waals surface area contributed by atoms with Crippen LogP contribution in [0.3, 0.4) is 0 Å². The molecule has 0 radical (unpaired) electrons. The Morgan fingerprint density at radius 2 is 2.08 bits per heavy atom. The van der Waals surface area contributed by atoms with Crippen molar-refractivity contribution in [2.45, 2.75) is 43.7 Å². The molecule has 2 aromatic heterocycles. The van der Waals surface area contributed by atoms with Gasteiger partial charge in [0, 0.05) is 23.9 Å². The van der Waals surface area contributed by atoms with Crippen molar-refractivity contribution in [3.05, 3.63) is 22.0 Å². The lowest BCUT2D eigenvalue weighted by Crippen LogP contribution is -2.43. The molecular formula is C16H22N4O3S3. The third-order valence-corrected chi connectivity index (χ3v) is 8.70. The molecule has 1 N–H and O–H groups in total. The average molecular weight is 415 g/mol. The summed E-state index contributed by atoms with van der Waals surface area (Å²) in [6.45, 7) is 6.55. The molecule has 0 spiro atoms. The van der Waals surface area contributed by atoms with Crippen LogP contribution in [-0.2, 0) is 14.8 Å². The predicted octanol–water partition coefficient (Wildman–Crippen LogP) is 3.07. The van der Waals surface area contributed by atoms with Gasteiger partial charge in [-0.15, -0.1) is 21.5 Å². The Bertz CT molecular complexity index is 888. The molecule has 1 aliphatic rings. The Morgan fingerprint density at radius 3 is 2.69 bits per heavy atom. The molecule has 0 aromatic carbocycles. The monoisotopic (exact) mass is 414 g/mol. The van der Waals surface area contributed by atoms with Crippen LogP contribution in [-0.4, -0.2) is 41.9 Å². The number of carbonyl (C=O) groups is 1. The zero-order valence-corrected chi connectivity index (χ0v) is 17.4. The number of hydrogen-bond acceptors (Lipinski definition) is 7. The van der Waals surface area contributed by atoms with Gasteiger partial charge in [0.2, 0.25) is 11.0 Å². The Labute approximate surface area is 161 Å². The molecule has 0 aliphatic carbocycles. The third-order valence-electron chi connectivity index (χ3n) is 4.23. The van der Waals surface area contributed by atoms with Gasteiger partial charge in [0.15, 0.2) is 0 Å². The summed E-state index contributed by atoms with van der Waals surface area (Å²) in [4.78, 5) is 13.5. The standard InChI is InChI=1S/C16H22N4O3S3/c1-10(2)15-18-19-16(25-15)17-14(21)12-5-4-8-20(9-12)26(22,23)13-7-6-11(3)24-13/h6-7,10,12H,4-5,8-9H2,1-3H3,(H,17,19,21). The van der Waals surface area contributed by atoms with Crippen molar-refractivity contribution >= 4 is 43.7 Å². The van der Waals surface area contributed by atoms with Crippen LogP contribution >= 0.6 is 22.7 Å². The van der Waals surface area contributed by atoms with Crippen LogP contribution in [0.1, 0.15) is 42.5 Å². The summed E-state index contributed by atoms with van der Waals surface area (Å²) in [6, 6.07) is 3.43. The van der Waals surface area contributed by atoms with Crippen LogP contribution in [0.4, 0.5) is 5.13 Å². The third kappa shape index (κ3) is 4.13. The summed E-state index contributed by atoms with van der Waals surface area (Å²) in [5, 5.41) is 12.2. The fourth-order valence-electron chi connectivity index (χ4n) is 2.78. The first-order valence-corrected chi connectivity index (χ1v) is 11.6.